The summed E-state index contributed by atoms with van der Waals surface area (Å²) in [5.74, 6) is -1.45. The Morgan fingerprint density at radius 1 is 1.40 bits per heavy atom. The molecule has 106 valence electrons. The van der Waals surface area contributed by atoms with E-state index in [1.165, 1.54) is 30.1 Å². The predicted molar refractivity (Wildman–Crippen MR) is 69.5 cm³/mol. The molecule has 0 unspecified atom stereocenters. The van der Waals surface area contributed by atoms with E-state index >= 15 is 0 Å². The largest absolute Gasteiger partial charge is 0.327 e. The lowest BCUT2D eigenvalue weighted by Gasteiger charge is -2.14. The van der Waals surface area contributed by atoms with Gasteiger partial charge in [-0.15, -0.1) is 0 Å². The maximum absolute atomic E-state index is 13.1. The van der Waals surface area contributed by atoms with Crippen LogP contribution in [0.1, 0.15) is 5.56 Å². The van der Waals surface area contributed by atoms with E-state index in [4.69, 9.17) is 0 Å². The molecule has 0 aliphatic carbocycles. The van der Waals surface area contributed by atoms with E-state index in [9.17, 15) is 18.8 Å². The number of rotatable bonds is 3. The number of carbonyl (C=O) groups excluding carboxylic acids is 3. The first-order valence-electron chi connectivity index (χ1n) is 6.00. The Kier molecular flexibility index (Phi) is 3.69. The second kappa shape index (κ2) is 5.28. The van der Waals surface area contributed by atoms with Crippen LogP contribution in [0.4, 0.5) is 14.9 Å². The van der Waals surface area contributed by atoms with Crippen molar-refractivity contribution in [2.45, 2.75) is 6.92 Å². The van der Waals surface area contributed by atoms with Crippen LogP contribution >= 0.6 is 0 Å². The van der Waals surface area contributed by atoms with Gasteiger partial charge >= 0.3 is 6.03 Å². The van der Waals surface area contributed by atoms with E-state index in [1.54, 1.807) is 6.92 Å². The van der Waals surface area contributed by atoms with Gasteiger partial charge in [0.05, 0.1) is 0 Å². The lowest BCUT2D eigenvalue weighted by Crippen LogP contribution is -2.38. The van der Waals surface area contributed by atoms with Crippen LogP contribution in [0.5, 0.6) is 0 Å². The van der Waals surface area contributed by atoms with Crippen LogP contribution in [-0.2, 0) is 9.59 Å². The Morgan fingerprint density at radius 3 is 2.70 bits per heavy atom. The van der Waals surface area contributed by atoms with E-state index in [0.717, 1.165) is 4.90 Å². The van der Waals surface area contributed by atoms with E-state index in [-0.39, 0.29) is 13.1 Å². The lowest BCUT2D eigenvalue weighted by atomic mass is 10.2. The smallest absolute Gasteiger partial charge is 0.324 e. The number of amides is 4. The monoisotopic (exact) mass is 279 g/mol. The van der Waals surface area contributed by atoms with Crippen LogP contribution in [-0.4, -0.2) is 47.8 Å². The van der Waals surface area contributed by atoms with Gasteiger partial charge < -0.3 is 10.2 Å². The summed E-state index contributed by atoms with van der Waals surface area (Å²) < 4.78 is 13.1. The summed E-state index contributed by atoms with van der Waals surface area (Å²) in [6.07, 6.45) is 0. The third-order valence-corrected chi connectivity index (χ3v) is 3.01. The van der Waals surface area contributed by atoms with Crippen LogP contribution in [0.25, 0.3) is 0 Å². The van der Waals surface area contributed by atoms with E-state index in [1.807, 2.05) is 0 Å². The summed E-state index contributed by atoms with van der Waals surface area (Å²) in [5.41, 5.74) is 1.01. The highest BCUT2D eigenvalue weighted by molar-refractivity contribution is 6.06. The number of urea groups is 1. The molecule has 0 spiro atoms. The first-order valence-corrected chi connectivity index (χ1v) is 6.00. The molecule has 1 aromatic rings. The minimum atomic E-state index is -0.546. The highest BCUT2D eigenvalue weighted by Gasteiger charge is 2.34. The fraction of sp³-hybridized carbons (Fsp3) is 0.308. The van der Waals surface area contributed by atoms with Gasteiger partial charge in [-0.2, -0.15) is 0 Å². The topological polar surface area (TPSA) is 69.7 Å². The molecular formula is C13H14FN3O3. The summed E-state index contributed by atoms with van der Waals surface area (Å²) in [6.45, 7) is 1.30. The number of anilines is 1. The second-order valence-corrected chi connectivity index (χ2v) is 4.63. The van der Waals surface area contributed by atoms with Gasteiger partial charge in [-0.05, 0) is 24.6 Å². The quantitative estimate of drug-likeness (QED) is 0.838. The van der Waals surface area contributed by atoms with Crippen molar-refractivity contribution in [2.75, 3.05) is 25.5 Å². The lowest BCUT2D eigenvalue weighted by molar-refractivity contribution is -0.129. The molecule has 20 heavy (non-hydrogen) atoms. The SMILES string of the molecule is Cc1ccc(F)cc1NC(=O)CN1C(=O)CN(C)C1=O. The molecule has 1 heterocycles. The molecule has 0 saturated carbocycles. The van der Waals surface area contributed by atoms with E-state index < -0.39 is 23.7 Å². The van der Waals surface area contributed by atoms with Crippen molar-refractivity contribution < 1.29 is 18.8 Å². The zero-order chi connectivity index (χ0) is 14.9. The molecule has 7 heteroatoms. The van der Waals surface area contributed by atoms with Crippen LogP contribution in [0.2, 0.25) is 0 Å². The van der Waals surface area contributed by atoms with Crippen molar-refractivity contribution in [1.82, 2.24) is 9.80 Å². The normalized spacial score (nSPS) is 14.9. The molecule has 1 aromatic carbocycles. The third-order valence-electron chi connectivity index (χ3n) is 3.01. The highest BCUT2D eigenvalue weighted by Crippen LogP contribution is 2.16. The van der Waals surface area contributed by atoms with Gasteiger partial charge in [0, 0.05) is 12.7 Å². The number of hydrogen-bond donors (Lipinski definition) is 1. The minimum absolute atomic E-state index is 0.0366. The number of hydrogen-bond acceptors (Lipinski definition) is 3. The Labute approximate surface area is 115 Å². The number of carbonyl (C=O) groups is 3. The van der Waals surface area contributed by atoms with Crippen LogP contribution in [0.3, 0.4) is 0 Å². The maximum Gasteiger partial charge on any atom is 0.327 e. The highest BCUT2D eigenvalue weighted by atomic mass is 19.1. The fourth-order valence-electron chi connectivity index (χ4n) is 1.89. The Morgan fingerprint density at radius 2 is 2.10 bits per heavy atom. The molecule has 4 amide bonds. The summed E-state index contributed by atoms with van der Waals surface area (Å²) in [4.78, 5) is 37.1. The average molecular weight is 279 g/mol. The van der Waals surface area contributed by atoms with Gasteiger partial charge in [-0.25, -0.2) is 9.18 Å². The number of nitrogens with zero attached hydrogens (tertiary/aromatic N) is 2. The molecule has 1 aliphatic rings. The summed E-state index contributed by atoms with van der Waals surface area (Å²) in [6, 6.07) is 3.49. The summed E-state index contributed by atoms with van der Waals surface area (Å²) in [5, 5.41) is 2.49. The molecule has 0 atom stereocenters. The first-order chi connectivity index (χ1) is 9.38. The average Bonchev–Trinajstić information content (AvgIpc) is 2.61. The van der Waals surface area contributed by atoms with Crippen molar-refractivity contribution >= 4 is 23.5 Å². The minimum Gasteiger partial charge on any atom is -0.324 e. The number of benzene rings is 1. The van der Waals surface area contributed by atoms with Crippen molar-refractivity contribution in [3.8, 4) is 0 Å². The Hall–Kier alpha value is -2.44. The van der Waals surface area contributed by atoms with Gasteiger partial charge in [-0.1, -0.05) is 6.07 Å². The summed E-state index contributed by atoms with van der Waals surface area (Å²) >= 11 is 0. The zero-order valence-corrected chi connectivity index (χ0v) is 11.1. The van der Waals surface area contributed by atoms with Crippen molar-refractivity contribution in [1.29, 1.82) is 0 Å². The van der Waals surface area contributed by atoms with Crippen LogP contribution in [0, 0.1) is 12.7 Å². The number of imide groups is 1. The molecule has 1 N–H and O–H groups in total. The van der Waals surface area contributed by atoms with Crippen LogP contribution in [0.15, 0.2) is 18.2 Å². The molecule has 0 bridgehead atoms. The number of nitrogens with one attached hydrogen (secondary N) is 1. The van der Waals surface area contributed by atoms with Crippen molar-refractivity contribution in [3.05, 3.63) is 29.6 Å². The van der Waals surface area contributed by atoms with Gasteiger partial charge in [0.1, 0.15) is 18.9 Å². The first kappa shape index (κ1) is 14.0. The molecule has 0 aromatic heterocycles. The molecule has 2 rings (SSSR count). The van der Waals surface area contributed by atoms with Crippen molar-refractivity contribution in [3.63, 3.8) is 0 Å². The molecule has 6 nitrogen and oxygen atoms in total. The van der Waals surface area contributed by atoms with E-state index in [0.29, 0.717) is 11.3 Å². The van der Waals surface area contributed by atoms with Gasteiger partial charge in [0.25, 0.3) is 5.91 Å². The molecule has 1 fully saturated rings. The molecule has 0 radical (unpaired) electrons. The zero-order valence-electron chi connectivity index (χ0n) is 11.1. The predicted octanol–water partition coefficient (Wildman–Crippen LogP) is 0.967. The molecular weight excluding hydrogens is 265 g/mol. The van der Waals surface area contributed by atoms with Crippen molar-refractivity contribution in [2.24, 2.45) is 0 Å². The Bertz CT molecular complexity index is 588. The third kappa shape index (κ3) is 2.76. The number of aryl methyl sites for hydroxylation is 1. The van der Waals surface area contributed by atoms with Gasteiger partial charge in [-0.3, -0.25) is 14.5 Å². The second-order valence-electron chi connectivity index (χ2n) is 4.63. The van der Waals surface area contributed by atoms with Crippen LogP contribution < -0.4 is 5.32 Å². The van der Waals surface area contributed by atoms with Gasteiger partial charge in [0.15, 0.2) is 0 Å². The van der Waals surface area contributed by atoms with E-state index in [2.05, 4.69) is 5.32 Å². The molecule has 1 aliphatic heterocycles. The maximum atomic E-state index is 13.1. The fourth-order valence-corrected chi connectivity index (χ4v) is 1.89. The van der Waals surface area contributed by atoms with Gasteiger partial charge in [0.2, 0.25) is 5.91 Å². The standard InChI is InChI=1S/C13H14FN3O3/c1-8-3-4-9(14)5-10(8)15-11(18)6-17-12(19)7-16(2)13(17)20/h3-5H,6-7H2,1-2H3,(H,15,18). The molecule has 1 saturated heterocycles. The summed E-state index contributed by atoms with van der Waals surface area (Å²) in [7, 11) is 1.48. The number of likely N-dealkylation sites (N-methyl/N-ethyl adjacent to an activating group) is 1. The Balaban J connectivity index is 2.04. The number of halogens is 1.